The normalized spacial score (nSPS) is 19.9. The predicted octanol–water partition coefficient (Wildman–Crippen LogP) is 3.67. The second-order valence-electron chi connectivity index (χ2n) is 5.96. The molecule has 3 heteroatoms. The summed E-state index contributed by atoms with van der Waals surface area (Å²) in [5.41, 5.74) is 2.86. The van der Waals surface area contributed by atoms with E-state index < -0.39 is 0 Å². The van der Waals surface area contributed by atoms with Gasteiger partial charge < -0.3 is 10.1 Å². The van der Waals surface area contributed by atoms with Gasteiger partial charge in [-0.3, -0.25) is 0 Å². The zero-order valence-electron chi connectivity index (χ0n) is 12.9. The average Bonchev–Trinajstić information content (AvgIpc) is 2.46. The number of hydrogen-bond acceptors (Lipinski definition) is 3. The van der Waals surface area contributed by atoms with Crippen molar-refractivity contribution in [3.63, 3.8) is 0 Å². The van der Waals surface area contributed by atoms with Crippen LogP contribution in [0.3, 0.4) is 0 Å². The van der Waals surface area contributed by atoms with Gasteiger partial charge in [-0.15, -0.1) is 0 Å². The predicted molar refractivity (Wildman–Crippen MR) is 88.5 cm³/mol. The molecule has 0 amide bonds. The molecular formula is C17H27NOS. The van der Waals surface area contributed by atoms with Gasteiger partial charge in [-0.2, -0.15) is 11.8 Å². The van der Waals surface area contributed by atoms with Gasteiger partial charge in [0, 0.05) is 11.8 Å². The highest BCUT2D eigenvalue weighted by Crippen LogP contribution is 2.31. The van der Waals surface area contributed by atoms with Crippen LogP contribution >= 0.6 is 11.8 Å². The van der Waals surface area contributed by atoms with Gasteiger partial charge in [0.1, 0.15) is 0 Å². The minimum atomic E-state index is 0.261. The van der Waals surface area contributed by atoms with Crippen LogP contribution in [0.15, 0.2) is 24.3 Å². The molecule has 1 aliphatic heterocycles. The Morgan fingerprint density at radius 3 is 2.85 bits per heavy atom. The number of rotatable bonds is 7. The van der Waals surface area contributed by atoms with Gasteiger partial charge >= 0.3 is 0 Å². The van der Waals surface area contributed by atoms with Gasteiger partial charge in [0.25, 0.3) is 0 Å². The molecule has 0 bridgehead atoms. The topological polar surface area (TPSA) is 21.3 Å². The molecule has 1 heterocycles. The molecule has 0 aliphatic carbocycles. The fourth-order valence-electron chi connectivity index (χ4n) is 2.65. The fraction of sp³-hybridized carbons (Fsp3) is 0.647. The maximum absolute atomic E-state index is 6.01. The first kappa shape index (κ1) is 15.9. The molecule has 0 fully saturated rings. The Morgan fingerprint density at radius 2 is 2.10 bits per heavy atom. The molecular weight excluding hydrogens is 266 g/mol. The van der Waals surface area contributed by atoms with Crippen molar-refractivity contribution in [2.24, 2.45) is 5.92 Å². The summed E-state index contributed by atoms with van der Waals surface area (Å²) in [4.78, 5) is 0. The minimum Gasteiger partial charge on any atom is -0.373 e. The second kappa shape index (κ2) is 8.06. The molecule has 0 aromatic heterocycles. The SMILES string of the molecule is CNC(CSCC(C)C)CC1OCCc2ccccc21. The van der Waals surface area contributed by atoms with Crippen LogP contribution in [0.2, 0.25) is 0 Å². The van der Waals surface area contributed by atoms with Crippen molar-refractivity contribution in [2.45, 2.75) is 38.8 Å². The van der Waals surface area contributed by atoms with Crippen molar-refractivity contribution < 1.29 is 4.74 Å². The van der Waals surface area contributed by atoms with Crippen molar-refractivity contribution in [1.82, 2.24) is 5.32 Å². The lowest BCUT2D eigenvalue weighted by Gasteiger charge is -2.29. The summed E-state index contributed by atoms with van der Waals surface area (Å²) in [5.74, 6) is 3.17. The lowest BCUT2D eigenvalue weighted by atomic mass is 9.94. The Balaban J connectivity index is 1.91. The van der Waals surface area contributed by atoms with Crippen LogP contribution in [0.4, 0.5) is 0 Å². The van der Waals surface area contributed by atoms with Crippen molar-refractivity contribution in [3.05, 3.63) is 35.4 Å². The van der Waals surface area contributed by atoms with E-state index in [1.165, 1.54) is 16.9 Å². The first-order valence-electron chi connectivity index (χ1n) is 7.65. The van der Waals surface area contributed by atoms with Gasteiger partial charge in [0.2, 0.25) is 0 Å². The standard InChI is InChI=1S/C17H27NOS/c1-13(2)11-20-12-15(18-3)10-17-16-7-5-4-6-14(16)8-9-19-17/h4-7,13,15,17-18H,8-12H2,1-3H3. The summed E-state index contributed by atoms with van der Waals surface area (Å²) in [7, 11) is 2.06. The maximum atomic E-state index is 6.01. The minimum absolute atomic E-state index is 0.261. The van der Waals surface area contributed by atoms with E-state index >= 15 is 0 Å². The molecule has 0 radical (unpaired) electrons. The van der Waals surface area contributed by atoms with Crippen molar-refractivity contribution in [3.8, 4) is 0 Å². The molecule has 0 spiro atoms. The summed E-state index contributed by atoms with van der Waals surface area (Å²) < 4.78 is 6.01. The summed E-state index contributed by atoms with van der Waals surface area (Å²) >= 11 is 2.05. The van der Waals surface area contributed by atoms with Crippen LogP contribution in [0.25, 0.3) is 0 Å². The largest absolute Gasteiger partial charge is 0.373 e. The molecule has 1 aromatic rings. The third kappa shape index (κ3) is 4.51. The fourth-order valence-corrected chi connectivity index (χ4v) is 3.84. The Hall–Kier alpha value is -0.510. The van der Waals surface area contributed by atoms with E-state index in [4.69, 9.17) is 4.74 Å². The number of thioether (sulfide) groups is 1. The first-order valence-corrected chi connectivity index (χ1v) is 8.80. The molecule has 2 atom stereocenters. The molecule has 20 heavy (non-hydrogen) atoms. The highest BCUT2D eigenvalue weighted by molar-refractivity contribution is 7.99. The van der Waals surface area contributed by atoms with Gasteiger partial charge in [0.15, 0.2) is 0 Å². The Bertz CT molecular complexity index is 408. The zero-order chi connectivity index (χ0) is 14.4. The maximum Gasteiger partial charge on any atom is 0.0842 e. The summed E-state index contributed by atoms with van der Waals surface area (Å²) in [6, 6.07) is 9.26. The highest BCUT2D eigenvalue weighted by atomic mass is 32.2. The van der Waals surface area contributed by atoms with Crippen LogP contribution in [-0.4, -0.2) is 31.2 Å². The highest BCUT2D eigenvalue weighted by Gasteiger charge is 2.23. The van der Waals surface area contributed by atoms with Gasteiger partial charge in [-0.05, 0) is 42.7 Å². The number of hydrogen-bond donors (Lipinski definition) is 1. The third-order valence-electron chi connectivity index (χ3n) is 3.77. The van der Waals surface area contributed by atoms with Crippen LogP contribution in [0.5, 0.6) is 0 Å². The van der Waals surface area contributed by atoms with Crippen LogP contribution in [0.1, 0.15) is 37.5 Å². The van der Waals surface area contributed by atoms with Crippen LogP contribution in [-0.2, 0) is 11.2 Å². The monoisotopic (exact) mass is 293 g/mol. The Kier molecular flexibility index (Phi) is 6.40. The van der Waals surface area contributed by atoms with Crippen molar-refractivity contribution in [1.29, 1.82) is 0 Å². The average molecular weight is 293 g/mol. The van der Waals surface area contributed by atoms with Gasteiger partial charge in [0.05, 0.1) is 12.7 Å². The number of ether oxygens (including phenoxy) is 1. The van der Waals surface area contributed by atoms with E-state index in [2.05, 4.69) is 50.5 Å². The lowest BCUT2D eigenvalue weighted by Crippen LogP contribution is -2.32. The van der Waals surface area contributed by atoms with Gasteiger partial charge in [-0.25, -0.2) is 0 Å². The van der Waals surface area contributed by atoms with Crippen LogP contribution < -0.4 is 5.32 Å². The van der Waals surface area contributed by atoms with E-state index in [1.54, 1.807) is 0 Å². The van der Waals surface area contributed by atoms with E-state index in [0.717, 1.165) is 31.1 Å². The molecule has 2 nitrogen and oxygen atoms in total. The molecule has 2 unspecified atom stereocenters. The number of nitrogens with one attached hydrogen (secondary N) is 1. The second-order valence-corrected chi connectivity index (χ2v) is 7.04. The zero-order valence-corrected chi connectivity index (χ0v) is 13.7. The van der Waals surface area contributed by atoms with Crippen molar-refractivity contribution in [2.75, 3.05) is 25.2 Å². The Labute approximate surface area is 127 Å². The quantitative estimate of drug-likeness (QED) is 0.829. The number of fused-ring (bicyclic) bond motifs is 1. The number of benzene rings is 1. The van der Waals surface area contributed by atoms with Crippen molar-refractivity contribution >= 4 is 11.8 Å². The Morgan fingerprint density at radius 1 is 1.30 bits per heavy atom. The molecule has 2 rings (SSSR count). The molecule has 112 valence electrons. The summed E-state index contributed by atoms with van der Waals surface area (Å²) in [6.07, 6.45) is 2.38. The lowest BCUT2D eigenvalue weighted by molar-refractivity contribution is 0.0315. The summed E-state index contributed by atoms with van der Waals surface area (Å²) in [6.45, 7) is 5.42. The molecule has 1 aliphatic rings. The first-order chi connectivity index (χ1) is 9.70. The van der Waals surface area contributed by atoms with Gasteiger partial charge in [-0.1, -0.05) is 38.1 Å². The van der Waals surface area contributed by atoms with E-state index in [0.29, 0.717) is 6.04 Å². The summed E-state index contributed by atoms with van der Waals surface area (Å²) in [5, 5.41) is 3.45. The van der Waals surface area contributed by atoms with E-state index in [1.807, 2.05) is 11.8 Å². The smallest absolute Gasteiger partial charge is 0.0842 e. The molecule has 0 saturated heterocycles. The third-order valence-corrected chi connectivity index (χ3v) is 5.31. The molecule has 1 N–H and O–H groups in total. The van der Waals surface area contributed by atoms with E-state index in [-0.39, 0.29) is 6.10 Å². The molecule has 0 saturated carbocycles. The molecule has 1 aromatic carbocycles. The van der Waals surface area contributed by atoms with E-state index in [9.17, 15) is 0 Å². The van der Waals surface area contributed by atoms with Crippen LogP contribution in [0, 0.1) is 5.92 Å².